The van der Waals surface area contributed by atoms with E-state index in [0.717, 1.165) is 5.39 Å². The van der Waals surface area contributed by atoms with E-state index in [0.29, 0.717) is 41.5 Å². The zero-order chi connectivity index (χ0) is 19.4. The highest BCUT2D eigenvalue weighted by molar-refractivity contribution is 5.84. The molecule has 28 heavy (non-hydrogen) atoms. The fourth-order valence-corrected chi connectivity index (χ4v) is 3.80. The van der Waals surface area contributed by atoms with Gasteiger partial charge in [-0.15, -0.1) is 0 Å². The molecule has 1 unspecified atom stereocenters. The summed E-state index contributed by atoms with van der Waals surface area (Å²) in [7, 11) is 0. The van der Waals surface area contributed by atoms with Crippen LogP contribution in [0.15, 0.2) is 33.9 Å². The molecule has 2 N–H and O–H groups in total. The van der Waals surface area contributed by atoms with E-state index >= 15 is 0 Å². The summed E-state index contributed by atoms with van der Waals surface area (Å²) in [5.41, 5.74) is 1.05. The number of aromatic nitrogens is 2. The number of nitrogens with one attached hydrogen (secondary N) is 2. The van der Waals surface area contributed by atoms with Crippen LogP contribution in [0.2, 0.25) is 0 Å². The van der Waals surface area contributed by atoms with Crippen molar-refractivity contribution in [3.05, 3.63) is 61.8 Å². The summed E-state index contributed by atoms with van der Waals surface area (Å²) in [4.78, 5) is 43.0. The van der Waals surface area contributed by atoms with Gasteiger partial charge in [0.05, 0.1) is 17.5 Å². The van der Waals surface area contributed by atoms with Gasteiger partial charge in [0.15, 0.2) is 11.5 Å². The Morgan fingerprint density at radius 3 is 2.43 bits per heavy atom. The topological polar surface area (TPSA) is 110 Å². The molecule has 0 fully saturated rings. The van der Waals surface area contributed by atoms with Crippen LogP contribution < -0.4 is 25.3 Å². The molecule has 0 spiro atoms. The lowest BCUT2D eigenvalue weighted by Crippen LogP contribution is -2.31. The van der Waals surface area contributed by atoms with Crippen LogP contribution in [0.1, 0.15) is 29.2 Å². The molecule has 0 saturated heterocycles. The summed E-state index contributed by atoms with van der Waals surface area (Å²) in [6, 6.07) is 6.79. The average molecular weight is 380 g/mol. The van der Waals surface area contributed by atoms with Crippen LogP contribution in [0.5, 0.6) is 17.2 Å². The average Bonchev–Trinajstić information content (AvgIpc) is 2.64. The van der Waals surface area contributed by atoms with Crippen LogP contribution in [-0.4, -0.2) is 29.2 Å². The molecule has 142 valence electrons. The van der Waals surface area contributed by atoms with Crippen molar-refractivity contribution in [3.8, 4) is 17.2 Å². The quantitative estimate of drug-likeness (QED) is 0.622. The number of aryl methyl sites for hydroxylation is 1. The Morgan fingerprint density at radius 1 is 0.893 bits per heavy atom. The van der Waals surface area contributed by atoms with Gasteiger partial charge in [0, 0.05) is 34.7 Å². The maximum absolute atomic E-state index is 12.8. The zero-order valence-corrected chi connectivity index (χ0v) is 15.0. The van der Waals surface area contributed by atoms with E-state index in [9.17, 15) is 14.4 Å². The van der Waals surface area contributed by atoms with Gasteiger partial charge in [0.25, 0.3) is 11.1 Å². The molecule has 0 amide bonds. The number of hydrogen-bond donors (Lipinski definition) is 2. The van der Waals surface area contributed by atoms with Crippen molar-refractivity contribution in [2.75, 3.05) is 13.2 Å². The van der Waals surface area contributed by atoms with Crippen LogP contribution in [-0.2, 0) is 4.79 Å². The van der Waals surface area contributed by atoms with Gasteiger partial charge in [-0.25, -0.2) is 0 Å². The molecule has 1 atom stereocenters. The number of esters is 1. The molecule has 0 aliphatic carbocycles. The molecular formula is C20H16N2O6. The lowest BCUT2D eigenvalue weighted by Gasteiger charge is -2.24. The first kappa shape index (κ1) is 16.6. The predicted octanol–water partition coefficient (Wildman–Crippen LogP) is 1.74. The molecule has 4 heterocycles. The minimum absolute atomic E-state index is 0.0850. The van der Waals surface area contributed by atoms with Crippen molar-refractivity contribution >= 4 is 16.9 Å². The minimum atomic E-state index is -0.693. The highest BCUT2D eigenvalue weighted by Crippen LogP contribution is 2.38. The number of benzene rings is 1. The van der Waals surface area contributed by atoms with Crippen molar-refractivity contribution in [1.82, 2.24) is 9.97 Å². The number of aromatic amines is 2. The number of rotatable bonds is 1. The summed E-state index contributed by atoms with van der Waals surface area (Å²) >= 11 is 0. The Hall–Kier alpha value is -3.55. The first-order valence-electron chi connectivity index (χ1n) is 8.90. The molecule has 5 rings (SSSR count). The van der Waals surface area contributed by atoms with Gasteiger partial charge in [-0.1, -0.05) is 0 Å². The largest absolute Gasteiger partial charge is 0.486 e. The lowest BCUT2D eigenvalue weighted by molar-refractivity contribution is -0.135. The predicted molar refractivity (Wildman–Crippen MR) is 99.5 cm³/mol. The smallest absolute Gasteiger partial charge is 0.312 e. The van der Waals surface area contributed by atoms with Crippen molar-refractivity contribution in [3.63, 3.8) is 0 Å². The normalized spacial score (nSPS) is 17.9. The third kappa shape index (κ3) is 2.57. The number of pyridine rings is 2. The van der Waals surface area contributed by atoms with Gasteiger partial charge in [-0.3, -0.25) is 14.4 Å². The van der Waals surface area contributed by atoms with Crippen LogP contribution in [0, 0.1) is 6.92 Å². The molecule has 8 nitrogen and oxygen atoms in total. The van der Waals surface area contributed by atoms with E-state index in [4.69, 9.17) is 14.2 Å². The molecule has 8 heteroatoms. The SMILES string of the molecule is Cc1cc2c(c(=O)[nH]1)C(c1cc3cc4c(cc3[nH]c1=O)OCCO4)CC(=O)O2. The fraction of sp³-hybridized carbons (Fsp3) is 0.250. The third-order valence-corrected chi connectivity index (χ3v) is 5.02. The zero-order valence-electron chi connectivity index (χ0n) is 15.0. The van der Waals surface area contributed by atoms with Crippen molar-refractivity contribution in [2.45, 2.75) is 19.3 Å². The minimum Gasteiger partial charge on any atom is -0.486 e. The highest BCUT2D eigenvalue weighted by atomic mass is 16.6. The van der Waals surface area contributed by atoms with Crippen LogP contribution >= 0.6 is 0 Å². The van der Waals surface area contributed by atoms with E-state index in [1.807, 2.05) is 0 Å². The summed E-state index contributed by atoms with van der Waals surface area (Å²) in [6.45, 7) is 2.60. The van der Waals surface area contributed by atoms with E-state index < -0.39 is 11.9 Å². The Balaban J connectivity index is 1.72. The first-order valence-corrected chi connectivity index (χ1v) is 8.90. The number of carbonyl (C=O) groups excluding carboxylic acids is 1. The first-order chi connectivity index (χ1) is 13.5. The van der Waals surface area contributed by atoms with E-state index in [2.05, 4.69) is 9.97 Å². The maximum atomic E-state index is 12.8. The molecule has 2 aromatic heterocycles. The fourth-order valence-electron chi connectivity index (χ4n) is 3.80. The summed E-state index contributed by atoms with van der Waals surface area (Å²) in [5, 5.41) is 0.725. The van der Waals surface area contributed by atoms with E-state index in [1.165, 1.54) is 0 Å². The molecule has 1 aromatic carbocycles. The Kier molecular flexibility index (Phi) is 3.55. The summed E-state index contributed by atoms with van der Waals surface area (Å²) in [5.74, 6) is 0.185. The van der Waals surface area contributed by atoms with Gasteiger partial charge >= 0.3 is 5.97 Å². The second-order valence-corrected chi connectivity index (χ2v) is 6.93. The van der Waals surface area contributed by atoms with Crippen molar-refractivity contribution in [2.24, 2.45) is 0 Å². The number of fused-ring (bicyclic) bond motifs is 3. The second kappa shape index (κ2) is 5.98. The number of ether oxygens (including phenoxy) is 3. The molecule has 0 bridgehead atoms. The van der Waals surface area contributed by atoms with Crippen LogP contribution in [0.4, 0.5) is 0 Å². The Morgan fingerprint density at radius 2 is 1.64 bits per heavy atom. The Labute approximate surface area is 158 Å². The standard InChI is InChI=1S/C20H16N2O6/c1-9-4-16-18(20(25)21-9)11(7-17(23)28-16)12-5-10-6-14-15(27-3-2-26-14)8-13(10)22-19(12)24/h4-6,8,11H,2-3,7H2,1H3,(H,21,25)(H,22,24). The van der Waals surface area contributed by atoms with Gasteiger partial charge < -0.3 is 24.2 Å². The van der Waals surface area contributed by atoms with Crippen molar-refractivity contribution in [1.29, 1.82) is 0 Å². The summed E-state index contributed by atoms with van der Waals surface area (Å²) in [6.07, 6.45) is -0.0850. The van der Waals surface area contributed by atoms with Crippen molar-refractivity contribution < 1.29 is 19.0 Å². The number of hydrogen-bond acceptors (Lipinski definition) is 6. The van der Waals surface area contributed by atoms with Gasteiger partial charge in [0.1, 0.15) is 19.0 Å². The third-order valence-electron chi connectivity index (χ3n) is 5.02. The number of carbonyl (C=O) groups is 1. The van der Waals surface area contributed by atoms with Gasteiger partial charge in [0.2, 0.25) is 0 Å². The molecule has 0 saturated carbocycles. The van der Waals surface area contributed by atoms with Gasteiger partial charge in [-0.2, -0.15) is 0 Å². The second-order valence-electron chi connectivity index (χ2n) is 6.93. The lowest BCUT2D eigenvalue weighted by atomic mass is 9.87. The molecule has 0 radical (unpaired) electrons. The highest BCUT2D eigenvalue weighted by Gasteiger charge is 2.33. The monoisotopic (exact) mass is 380 g/mol. The Bertz CT molecular complexity index is 1260. The molecule has 3 aromatic rings. The number of H-pyrrole nitrogens is 2. The maximum Gasteiger partial charge on any atom is 0.312 e. The van der Waals surface area contributed by atoms with Gasteiger partial charge in [-0.05, 0) is 19.1 Å². The van der Waals surface area contributed by atoms with E-state index in [1.54, 1.807) is 31.2 Å². The molecule has 2 aliphatic rings. The molecule has 2 aliphatic heterocycles. The van der Waals surface area contributed by atoms with Crippen LogP contribution in [0.25, 0.3) is 10.9 Å². The van der Waals surface area contributed by atoms with E-state index in [-0.39, 0.29) is 28.9 Å². The summed E-state index contributed by atoms with van der Waals surface area (Å²) < 4.78 is 16.4. The van der Waals surface area contributed by atoms with Crippen LogP contribution in [0.3, 0.4) is 0 Å². The molecular weight excluding hydrogens is 364 g/mol.